The van der Waals surface area contributed by atoms with E-state index in [2.05, 4.69) is 35.8 Å². The Morgan fingerprint density at radius 3 is 2.24 bits per heavy atom. The third-order valence-electron chi connectivity index (χ3n) is 3.71. The van der Waals surface area contributed by atoms with Crippen molar-refractivity contribution in [2.24, 2.45) is 4.99 Å². The van der Waals surface area contributed by atoms with Gasteiger partial charge in [-0.2, -0.15) is 0 Å². The molecule has 1 heterocycles. The molecule has 5 heteroatoms. The second-order valence-corrected chi connectivity index (χ2v) is 5.30. The van der Waals surface area contributed by atoms with Crippen molar-refractivity contribution in [3.8, 4) is 0 Å². The Kier molecular flexibility index (Phi) is 5.70. The molecule has 1 saturated heterocycles. The highest BCUT2D eigenvalue weighted by Crippen LogP contribution is 2.18. The van der Waals surface area contributed by atoms with Gasteiger partial charge in [0.15, 0.2) is 0 Å². The summed E-state index contributed by atoms with van der Waals surface area (Å²) in [4.78, 5) is 6.47. The second-order valence-electron chi connectivity index (χ2n) is 4.96. The van der Waals surface area contributed by atoms with Crippen LogP contribution in [0.2, 0.25) is 0 Å². The van der Waals surface area contributed by atoms with Crippen LogP contribution in [0.15, 0.2) is 4.99 Å². The van der Waals surface area contributed by atoms with Crippen LogP contribution < -0.4 is 0 Å². The van der Waals surface area contributed by atoms with Crippen LogP contribution >= 0.6 is 11.6 Å². The van der Waals surface area contributed by atoms with E-state index in [1.165, 1.54) is 12.8 Å². The van der Waals surface area contributed by atoms with Crippen LogP contribution in [-0.2, 0) is 0 Å². The Morgan fingerprint density at radius 2 is 1.82 bits per heavy atom. The maximum absolute atomic E-state index is 6.02. The van der Waals surface area contributed by atoms with Gasteiger partial charge in [-0.25, -0.2) is 5.01 Å². The first-order valence-electron chi connectivity index (χ1n) is 6.30. The van der Waals surface area contributed by atoms with E-state index >= 15 is 0 Å². The van der Waals surface area contributed by atoms with Gasteiger partial charge in [-0.15, -0.1) is 0 Å². The Bertz CT molecular complexity index is 259. The van der Waals surface area contributed by atoms with E-state index in [0.29, 0.717) is 17.4 Å². The largest absolute Gasteiger partial charge is 0.301 e. The molecule has 0 aromatic carbocycles. The van der Waals surface area contributed by atoms with Crippen molar-refractivity contribution in [2.45, 2.75) is 38.8 Å². The van der Waals surface area contributed by atoms with Crippen molar-refractivity contribution in [2.75, 3.05) is 34.2 Å². The van der Waals surface area contributed by atoms with Crippen molar-refractivity contribution in [3.05, 3.63) is 0 Å². The van der Waals surface area contributed by atoms with Crippen LogP contribution in [0.1, 0.15) is 26.7 Å². The normalized spacial score (nSPS) is 20.4. The number of nitrogens with zero attached hydrogens (tertiary/aromatic N) is 4. The van der Waals surface area contributed by atoms with Gasteiger partial charge in [0.1, 0.15) is 0 Å². The lowest BCUT2D eigenvalue weighted by Gasteiger charge is -2.41. The minimum Gasteiger partial charge on any atom is -0.301 e. The average Bonchev–Trinajstić information content (AvgIpc) is 2.36. The smallest absolute Gasteiger partial charge is 0.208 e. The van der Waals surface area contributed by atoms with Gasteiger partial charge >= 0.3 is 0 Å². The number of aliphatic imine (C=N–C) groups is 1. The number of rotatable bonds is 3. The first-order chi connectivity index (χ1) is 7.97. The van der Waals surface area contributed by atoms with Gasteiger partial charge in [-0.1, -0.05) is 0 Å². The monoisotopic (exact) mass is 260 g/mol. The van der Waals surface area contributed by atoms with Crippen LogP contribution in [0.25, 0.3) is 0 Å². The zero-order valence-electron chi connectivity index (χ0n) is 11.6. The van der Waals surface area contributed by atoms with Gasteiger partial charge in [0, 0.05) is 39.3 Å². The van der Waals surface area contributed by atoms with E-state index in [-0.39, 0.29) is 0 Å². The van der Waals surface area contributed by atoms with Crippen molar-refractivity contribution >= 4 is 16.9 Å². The highest BCUT2D eigenvalue weighted by molar-refractivity contribution is 6.64. The second kappa shape index (κ2) is 6.57. The van der Waals surface area contributed by atoms with Crippen LogP contribution in [0.5, 0.6) is 0 Å². The molecule has 1 rings (SSSR count). The summed E-state index contributed by atoms with van der Waals surface area (Å²) in [5.41, 5.74) is 0. The third kappa shape index (κ3) is 3.83. The van der Waals surface area contributed by atoms with E-state index in [4.69, 9.17) is 11.6 Å². The molecule has 100 valence electrons. The lowest BCUT2D eigenvalue weighted by atomic mass is 10.0. The van der Waals surface area contributed by atoms with Crippen LogP contribution in [0.4, 0.5) is 0 Å². The lowest BCUT2D eigenvalue weighted by molar-refractivity contribution is 0.0143. The summed E-state index contributed by atoms with van der Waals surface area (Å²) in [6.45, 7) is 6.59. The Morgan fingerprint density at radius 1 is 1.29 bits per heavy atom. The first kappa shape index (κ1) is 14.7. The van der Waals surface area contributed by atoms with Gasteiger partial charge in [0.05, 0.1) is 0 Å². The number of amidine groups is 1. The molecule has 0 spiro atoms. The number of hydrogen-bond acceptors (Lipinski definition) is 3. The quantitative estimate of drug-likeness (QED) is 0.439. The van der Waals surface area contributed by atoms with Crippen molar-refractivity contribution in [1.29, 1.82) is 0 Å². The molecule has 0 unspecified atom stereocenters. The predicted molar refractivity (Wildman–Crippen MR) is 74.5 cm³/mol. The molecule has 1 aliphatic heterocycles. The lowest BCUT2D eigenvalue weighted by Crippen LogP contribution is -2.51. The summed E-state index contributed by atoms with van der Waals surface area (Å²) in [5, 5.41) is 4.77. The zero-order chi connectivity index (χ0) is 13.0. The molecule has 0 saturated carbocycles. The Labute approximate surface area is 110 Å². The van der Waals surface area contributed by atoms with E-state index in [0.717, 1.165) is 13.1 Å². The van der Waals surface area contributed by atoms with E-state index < -0.39 is 0 Å². The van der Waals surface area contributed by atoms with Crippen molar-refractivity contribution < 1.29 is 0 Å². The molecule has 4 nitrogen and oxygen atoms in total. The minimum absolute atomic E-state index is 0.556. The van der Waals surface area contributed by atoms with Gasteiger partial charge in [0.25, 0.3) is 0 Å². The van der Waals surface area contributed by atoms with Crippen LogP contribution in [0, 0.1) is 0 Å². The molecule has 0 aromatic heterocycles. The summed E-state index contributed by atoms with van der Waals surface area (Å²) in [6.07, 6.45) is 2.37. The molecule has 1 aliphatic rings. The molecule has 0 atom stereocenters. The molecule has 0 radical (unpaired) electrons. The number of piperidine rings is 1. The molecule has 0 N–H and O–H groups in total. The molecule has 0 aliphatic carbocycles. The standard InChI is InChI=1S/C12H25ClN4/c1-10(2)15(4)11-6-8-17(9-7-11)16(5)12(13)14-3/h10-11H,6-9H2,1-5H3. The summed E-state index contributed by atoms with van der Waals surface area (Å²) in [5.74, 6) is 0. The van der Waals surface area contributed by atoms with Crippen LogP contribution in [0.3, 0.4) is 0 Å². The number of hydrogen-bond donors (Lipinski definition) is 0. The fourth-order valence-corrected chi connectivity index (χ4v) is 2.35. The van der Waals surface area contributed by atoms with E-state index in [1.54, 1.807) is 7.05 Å². The molecule has 0 amide bonds. The van der Waals surface area contributed by atoms with E-state index in [1.807, 2.05) is 12.1 Å². The SMILES string of the molecule is CN=C(Cl)N(C)N1CCC(N(C)C(C)C)CC1. The topological polar surface area (TPSA) is 22.1 Å². The molecule has 1 fully saturated rings. The van der Waals surface area contributed by atoms with Gasteiger partial charge in [-0.05, 0) is 45.3 Å². The zero-order valence-corrected chi connectivity index (χ0v) is 12.4. The average molecular weight is 261 g/mol. The van der Waals surface area contributed by atoms with Gasteiger partial charge < -0.3 is 4.90 Å². The summed E-state index contributed by atoms with van der Waals surface area (Å²) < 4.78 is 0. The van der Waals surface area contributed by atoms with Crippen molar-refractivity contribution in [1.82, 2.24) is 14.9 Å². The molecule has 17 heavy (non-hydrogen) atoms. The number of halogens is 1. The van der Waals surface area contributed by atoms with Gasteiger partial charge in [-0.3, -0.25) is 10.0 Å². The van der Waals surface area contributed by atoms with E-state index in [9.17, 15) is 0 Å². The predicted octanol–water partition coefficient (Wildman–Crippen LogP) is 1.86. The maximum Gasteiger partial charge on any atom is 0.208 e. The Balaban J connectivity index is 2.46. The summed E-state index contributed by atoms with van der Waals surface area (Å²) >= 11 is 6.02. The first-order valence-corrected chi connectivity index (χ1v) is 6.68. The molecule has 0 bridgehead atoms. The highest BCUT2D eigenvalue weighted by Gasteiger charge is 2.26. The maximum atomic E-state index is 6.02. The highest BCUT2D eigenvalue weighted by atomic mass is 35.5. The van der Waals surface area contributed by atoms with Gasteiger partial charge in [0.2, 0.25) is 5.29 Å². The van der Waals surface area contributed by atoms with Crippen LogP contribution in [-0.4, -0.2) is 66.5 Å². The third-order valence-corrected chi connectivity index (χ3v) is 4.12. The Hall–Kier alpha value is -0.320. The van der Waals surface area contributed by atoms with Crippen molar-refractivity contribution in [3.63, 3.8) is 0 Å². The fraction of sp³-hybridized carbons (Fsp3) is 0.917. The molecular formula is C12H25ClN4. The molecular weight excluding hydrogens is 236 g/mol. The number of hydrazine groups is 1. The fourth-order valence-electron chi connectivity index (χ4n) is 2.24. The molecule has 0 aromatic rings. The summed E-state index contributed by atoms with van der Waals surface area (Å²) in [6, 6.07) is 1.31. The minimum atomic E-state index is 0.556. The summed E-state index contributed by atoms with van der Waals surface area (Å²) in [7, 11) is 5.91.